The molecule has 0 N–H and O–H groups in total. The molecule has 2 unspecified atom stereocenters. The van der Waals surface area contributed by atoms with Gasteiger partial charge >= 0.3 is 0 Å². The lowest BCUT2D eigenvalue weighted by molar-refractivity contribution is 0.557. The second-order valence-electron chi connectivity index (χ2n) is 11.7. The van der Waals surface area contributed by atoms with Crippen LogP contribution in [0.4, 0.5) is 0 Å². The summed E-state index contributed by atoms with van der Waals surface area (Å²) in [5.41, 5.74) is 6.17. The summed E-state index contributed by atoms with van der Waals surface area (Å²) in [6, 6.07) is 59.2. The average molecular weight is 605 g/mol. The first-order valence-electron chi connectivity index (χ1n) is 15.8. The molecule has 0 bridgehead atoms. The molecule has 0 heterocycles. The van der Waals surface area contributed by atoms with Crippen molar-refractivity contribution in [2.75, 3.05) is 0 Å². The van der Waals surface area contributed by atoms with E-state index < -0.39 is 15.8 Å². The van der Waals surface area contributed by atoms with Crippen LogP contribution in [0.5, 0.6) is 0 Å². The van der Waals surface area contributed by atoms with Crippen LogP contribution in [0.15, 0.2) is 158 Å². The monoisotopic (exact) mass is 604 g/mol. The molecule has 6 aromatic rings. The maximum atomic E-state index is 2.49. The van der Waals surface area contributed by atoms with E-state index in [0.717, 1.165) is 12.8 Å². The van der Waals surface area contributed by atoms with E-state index in [1.807, 2.05) is 0 Å². The molecule has 0 nitrogen and oxygen atoms in total. The highest BCUT2D eigenvalue weighted by Gasteiger charge is 2.38. The van der Waals surface area contributed by atoms with Gasteiger partial charge in [-0.2, -0.15) is 0 Å². The fraction of sp³-hybridized carbons (Fsp3) is 0.143. The molecule has 0 aromatic heterocycles. The fourth-order valence-corrected chi connectivity index (χ4v) is 12.2. The molecule has 0 saturated carbocycles. The number of fused-ring (bicyclic) bond motifs is 1. The van der Waals surface area contributed by atoms with Crippen molar-refractivity contribution in [1.82, 2.24) is 0 Å². The Morgan fingerprint density at radius 3 is 1.32 bits per heavy atom. The molecule has 6 aromatic carbocycles. The minimum Gasteiger partial charge on any atom is -0.0622 e. The highest BCUT2D eigenvalue weighted by molar-refractivity contribution is 7.80. The quantitative estimate of drug-likeness (QED) is 0.154. The first kappa shape index (κ1) is 28.9. The predicted octanol–water partition coefficient (Wildman–Crippen LogP) is 8.09. The zero-order chi connectivity index (χ0) is 29.9. The van der Waals surface area contributed by atoms with E-state index in [2.05, 4.69) is 172 Å². The van der Waals surface area contributed by atoms with Crippen molar-refractivity contribution < 1.29 is 0 Å². The van der Waals surface area contributed by atoms with Gasteiger partial charge in [-0.15, -0.1) is 0 Å². The van der Waals surface area contributed by atoms with E-state index in [0.29, 0.717) is 11.8 Å². The summed E-state index contributed by atoms with van der Waals surface area (Å²) in [5, 5.41) is 8.70. The van der Waals surface area contributed by atoms with Crippen molar-refractivity contribution >= 4 is 47.7 Å². The Kier molecular flexibility index (Phi) is 8.57. The summed E-state index contributed by atoms with van der Waals surface area (Å²) < 4.78 is 0. The summed E-state index contributed by atoms with van der Waals surface area (Å²) >= 11 is 0. The summed E-state index contributed by atoms with van der Waals surface area (Å²) in [5.74, 6) is 0.867. The van der Waals surface area contributed by atoms with Gasteiger partial charge in [0.25, 0.3) is 0 Å². The minimum absolute atomic E-state index is 0.349. The Labute approximate surface area is 265 Å². The van der Waals surface area contributed by atoms with Gasteiger partial charge in [0.2, 0.25) is 0 Å². The SMILES string of the molecule is CCc1cccc(P(c2ccccc2)c2ccccc2)c1C1c2c(cccc2P(c2ccccc2)c2ccccc2)CC1C. The van der Waals surface area contributed by atoms with Crippen molar-refractivity contribution in [2.45, 2.75) is 32.6 Å². The molecule has 44 heavy (non-hydrogen) atoms. The molecule has 0 aliphatic heterocycles. The Bertz CT molecular complexity index is 1750. The van der Waals surface area contributed by atoms with Gasteiger partial charge in [-0.05, 0) is 88.7 Å². The van der Waals surface area contributed by atoms with Crippen LogP contribution in [0.2, 0.25) is 0 Å². The molecular formula is C42H38P2. The third-order valence-corrected chi connectivity index (χ3v) is 14.0. The average Bonchev–Trinajstić information content (AvgIpc) is 3.43. The van der Waals surface area contributed by atoms with Crippen LogP contribution >= 0.6 is 15.8 Å². The molecule has 0 radical (unpaired) electrons. The lowest BCUT2D eigenvalue weighted by Crippen LogP contribution is -2.29. The molecule has 0 fully saturated rings. The molecule has 1 aliphatic rings. The van der Waals surface area contributed by atoms with Gasteiger partial charge < -0.3 is 0 Å². The molecule has 7 rings (SSSR count). The van der Waals surface area contributed by atoms with Crippen LogP contribution < -0.4 is 31.8 Å². The summed E-state index contributed by atoms with van der Waals surface area (Å²) in [6.07, 6.45) is 2.15. The molecule has 0 saturated heterocycles. The van der Waals surface area contributed by atoms with Gasteiger partial charge in [-0.3, -0.25) is 0 Å². The highest BCUT2D eigenvalue weighted by atomic mass is 31.1. The summed E-state index contributed by atoms with van der Waals surface area (Å²) in [7, 11) is -1.43. The third-order valence-electron chi connectivity index (χ3n) is 9.00. The normalized spacial score (nSPS) is 15.9. The lowest BCUT2D eigenvalue weighted by atomic mass is 9.83. The van der Waals surface area contributed by atoms with Crippen LogP contribution in [-0.2, 0) is 12.8 Å². The molecule has 0 amide bonds. The van der Waals surface area contributed by atoms with Crippen LogP contribution in [0.1, 0.15) is 42.0 Å². The zero-order valence-corrected chi connectivity index (χ0v) is 27.3. The van der Waals surface area contributed by atoms with Gasteiger partial charge in [0.15, 0.2) is 0 Å². The Morgan fingerprint density at radius 1 is 0.477 bits per heavy atom. The topological polar surface area (TPSA) is 0 Å². The Hall–Kier alpha value is -3.82. The molecule has 2 atom stereocenters. The van der Waals surface area contributed by atoms with E-state index in [1.165, 1.54) is 43.0 Å². The van der Waals surface area contributed by atoms with Gasteiger partial charge in [0.1, 0.15) is 0 Å². The first-order chi connectivity index (χ1) is 21.7. The molecule has 216 valence electrons. The number of rotatable bonds is 8. The number of hydrogen-bond acceptors (Lipinski definition) is 0. The standard InChI is InChI=1S/C42H38P2/c1-3-32-18-16-28-38(43(34-20-8-4-9-21-34)35-22-10-5-11-23-35)41(32)40-31(2)30-33-19-17-29-39(42(33)40)44(36-24-12-6-13-25-36)37-26-14-7-15-27-37/h4-29,31,40H,3,30H2,1-2H3. The minimum atomic E-state index is -0.720. The highest BCUT2D eigenvalue weighted by Crippen LogP contribution is 2.49. The van der Waals surface area contributed by atoms with E-state index >= 15 is 0 Å². The Balaban J connectivity index is 1.48. The fourth-order valence-electron chi connectivity index (χ4n) is 7.13. The molecule has 1 aliphatic carbocycles. The van der Waals surface area contributed by atoms with Gasteiger partial charge in [0.05, 0.1) is 0 Å². The lowest BCUT2D eigenvalue weighted by Gasteiger charge is -2.31. The van der Waals surface area contributed by atoms with E-state index in [-0.39, 0.29) is 0 Å². The molecular weight excluding hydrogens is 566 g/mol. The smallest absolute Gasteiger partial charge is 0.0137 e. The number of benzene rings is 6. The van der Waals surface area contributed by atoms with Gasteiger partial charge in [0, 0.05) is 5.92 Å². The first-order valence-corrected chi connectivity index (χ1v) is 18.5. The Morgan fingerprint density at radius 2 is 0.886 bits per heavy atom. The van der Waals surface area contributed by atoms with Crippen molar-refractivity contribution in [2.24, 2.45) is 5.92 Å². The summed E-state index contributed by atoms with van der Waals surface area (Å²) in [6.45, 7) is 4.83. The van der Waals surface area contributed by atoms with Crippen molar-refractivity contribution in [1.29, 1.82) is 0 Å². The van der Waals surface area contributed by atoms with Crippen LogP contribution in [-0.4, -0.2) is 0 Å². The van der Waals surface area contributed by atoms with Gasteiger partial charge in [-0.25, -0.2) is 0 Å². The van der Waals surface area contributed by atoms with Crippen molar-refractivity contribution in [3.05, 3.63) is 180 Å². The van der Waals surface area contributed by atoms with Crippen LogP contribution in [0, 0.1) is 5.92 Å². The summed E-state index contributed by atoms with van der Waals surface area (Å²) in [4.78, 5) is 0. The van der Waals surface area contributed by atoms with Crippen LogP contribution in [0.25, 0.3) is 0 Å². The van der Waals surface area contributed by atoms with E-state index in [9.17, 15) is 0 Å². The van der Waals surface area contributed by atoms with E-state index in [1.54, 1.807) is 11.1 Å². The van der Waals surface area contributed by atoms with E-state index in [4.69, 9.17) is 0 Å². The molecule has 2 heteroatoms. The second-order valence-corrected chi connectivity index (χ2v) is 16.1. The number of hydrogen-bond donors (Lipinski definition) is 0. The predicted molar refractivity (Wildman–Crippen MR) is 194 cm³/mol. The van der Waals surface area contributed by atoms with Crippen molar-refractivity contribution in [3.63, 3.8) is 0 Å². The molecule has 0 spiro atoms. The van der Waals surface area contributed by atoms with Crippen molar-refractivity contribution in [3.8, 4) is 0 Å². The number of aryl methyl sites for hydroxylation is 1. The maximum Gasteiger partial charge on any atom is 0.0137 e. The maximum absolute atomic E-state index is 2.49. The van der Waals surface area contributed by atoms with Gasteiger partial charge in [-0.1, -0.05) is 172 Å². The zero-order valence-electron chi connectivity index (χ0n) is 25.5. The second kappa shape index (κ2) is 13.0. The third kappa shape index (κ3) is 5.48. The largest absolute Gasteiger partial charge is 0.0622 e. The van der Waals surface area contributed by atoms with Crippen LogP contribution in [0.3, 0.4) is 0 Å².